The number of esters is 1. The summed E-state index contributed by atoms with van der Waals surface area (Å²) in [6, 6.07) is 9.13. The standard InChI is InChI=1S/C33H40N6O6/c1-6-45-31(41)21-9-13-38(14-10-21)32-34-25-19-28(44-5)27(43-4)18-23(25)29(35-32)37-15-11-22(12-16-37)39-30(40)24-17-20(2)7-8-26(24)36(3)33(39)42/h7-8,17-19,21-22H,6,9-16H2,1-5H3. The fourth-order valence-corrected chi connectivity index (χ4v) is 6.64. The Balaban J connectivity index is 1.32. The Bertz CT molecular complexity index is 1870. The zero-order valence-electron chi connectivity index (χ0n) is 26.5. The van der Waals surface area contributed by atoms with Crippen molar-refractivity contribution in [3.63, 3.8) is 0 Å². The fourth-order valence-electron chi connectivity index (χ4n) is 6.64. The van der Waals surface area contributed by atoms with Gasteiger partial charge >= 0.3 is 11.7 Å². The number of hydrogen-bond donors (Lipinski definition) is 0. The van der Waals surface area contributed by atoms with Gasteiger partial charge in [0.2, 0.25) is 5.95 Å². The van der Waals surface area contributed by atoms with E-state index in [0.29, 0.717) is 86.8 Å². The third-order valence-corrected chi connectivity index (χ3v) is 9.15. The number of nitrogens with zero attached hydrogens (tertiary/aromatic N) is 6. The summed E-state index contributed by atoms with van der Waals surface area (Å²) in [5.74, 6) is 2.23. The van der Waals surface area contributed by atoms with Crippen molar-refractivity contribution in [3.05, 3.63) is 56.7 Å². The summed E-state index contributed by atoms with van der Waals surface area (Å²) in [5.41, 5.74) is 1.79. The Hall–Kier alpha value is -4.61. The van der Waals surface area contributed by atoms with Gasteiger partial charge in [0.25, 0.3) is 5.56 Å². The van der Waals surface area contributed by atoms with Gasteiger partial charge in [-0.1, -0.05) is 11.6 Å². The van der Waals surface area contributed by atoms with Gasteiger partial charge in [-0.2, -0.15) is 4.98 Å². The summed E-state index contributed by atoms with van der Waals surface area (Å²) < 4.78 is 19.5. The van der Waals surface area contributed by atoms with Gasteiger partial charge in [0.05, 0.1) is 43.2 Å². The second-order valence-electron chi connectivity index (χ2n) is 11.8. The van der Waals surface area contributed by atoms with Crippen molar-refractivity contribution in [1.29, 1.82) is 0 Å². The number of aromatic nitrogens is 4. The van der Waals surface area contributed by atoms with Crippen molar-refractivity contribution in [1.82, 2.24) is 19.1 Å². The zero-order chi connectivity index (χ0) is 31.8. The van der Waals surface area contributed by atoms with E-state index in [0.717, 1.165) is 22.3 Å². The van der Waals surface area contributed by atoms with Gasteiger partial charge in [-0.25, -0.2) is 9.78 Å². The van der Waals surface area contributed by atoms with E-state index >= 15 is 0 Å². The van der Waals surface area contributed by atoms with Crippen molar-refractivity contribution >= 4 is 39.5 Å². The van der Waals surface area contributed by atoms with Crippen LogP contribution in [0.3, 0.4) is 0 Å². The molecule has 0 aliphatic carbocycles. The molecule has 0 N–H and O–H groups in total. The van der Waals surface area contributed by atoms with Crippen molar-refractivity contribution in [3.8, 4) is 11.5 Å². The first-order valence-electron chi connectivity index (χ1n) is 15.6. The van der Waals surface area contributed by atoms with E-state index in [2.05, 4.69) is 9.80 Å². The molecule has 0 radical (unpaired) electrons. The second-order valence-corrected chi connectivity index (χ2v) is 11.8. The highest BCUT2D eigenvalue weighted by Crippen LogP contribution is 2.38. The lowest BCUT2D eigenvalue weighted by Gasteiger charge is -2.35. The van der Waals surface area contributed by atoms with Crippen LogP contribution in [0.1, 0.15) is 44.2 Å². The number of piperidine rings is 2. The van der Waals surface area contributed by atoms with Crippen LogP contribution >= 0.6 is 0 Å². The fraction of sp³-hybridized carbons (Fsp3) is 0.485. The molecular formula is C33H40N6O6. The molecule has 0 spiro atoms. The second kappa shape index (κ2) is 12.4. The normalized spacial score (nSPS) is 16.4. The molecular weight excluding hydrogens is 576 g/mol. The molecule has 12 nitrogen and oxygen atoms in total. The minimum Gasteiger partial charge on any atom is -0.493 e. The number of hydrogen-bond acceptors (Lipinski definition) is 10. The molecule has 2 aromatic carbocycles. The van der Waals surface area contributed by atoms with Crippen LogP contribution in [-0.2, 0) is 16.6 Å². The topological polar surface area (TPSA) is 121 Å². The van der Waals surface area contributed by atoms with E-state index in [9.17, 15) is 14.4 Å². The molecule has 4 aromatic rings. The van der Waals surface area contributed by atoms with Gasteiger partial charge in [-0.15, -0.1) is 0 Å². The third kappa shape index (κ3) is 5.57. The zero-order valence-corrected chi connectivity index (χ0v) is 26.5. The first-order valence-corrected chi connectivity index (χ1v) is 15.6. The molecule has 0 amide bonds. The SMILES string of the molecule is CCOC(=O)C1CCN(c2nc(N3CCC(n4c(=O)c5cc(C)ccc5n(C)c4=O)CC3)c3cc(OC)c(OC)cc3n2)CC1. The van der Waals surface area contributed by atoms with Crippen molar-refractivity contribution < 1.29 is 19.0 Å². The predicted molar refractivity (Wildman–Crippen MR) is 173 cm³/mol. The average Bonchev–Trinajstić information content (AvgIpc) is 3.06. The number of ether oxygens (including phenoxy) is 3. The number of aryl methyl sites for hydroxylation is 2. The van der Waals surface area contributed by atoms with Crippen molar-refractivity contribution in [2.45, 2.75) is 45.6 Å². The molecule has 2 aliphatic heterocycles. The maximum atomic E-state index is 13.6. The van der Waals surface area contributed by atoms with E-state index in [4.69, 9.17) is 24.2 Å². The smallest absolute Gasteiger partial charge is 0.331 e. The molecule has 12 heteroatoms. The Kier molecular flexibility index (Phi) is 8.39. The maximum Gasteiger partial charge on any atom is 0.331 e. The van der Waals surface area contributed by atoms with Crippen LogP contribution in [0.15, 0.2) is 39.9 Å². The summed E-state index contributed by atoms with van der Waals surface area (Å²) in [4.78, 5) is 53.6. The number of benzene rings is 2. The monoisotopic (exact) mass is 616 g/mol. The first-order chi connectivity index (χ1) is 21.7. The number of rotatable bonds is 7. The molecule has 0 saturated carbocycles. The molecule has 238 valence electrons. The summed E-state index contributed by atoms with van der Waals surface area (Å²) >= 11 is 0. The van der Waals surface area contributed by atoms with E-state index < -0.39 is 0 Å². The van der Waals surface area contributed by atoms with Crippen LogP contribution in [0.4, 0.5) is 11.8 Å². The van der Waals surface area contributed by atoms with Gasteiger partial charge in [0.1, 0.15) is 5.82 Å². The Morgan fingerprint density at radius 3 is 2.22 bits per heavy atom. The molecule has 4 heterocycles. The van der Waals surface area contributed by atoms with Crippen LogP contribution in [0.5, 0.6) is 11.5 Å². The number of carbonyl (C=O) groups is 1. The van der Waals surface area contributed by atoms with Crippen LogP contribution in [-0.4, -0.2) is 72.1 Å². The Morgan fingerprint density at radius 2 is 1.56 bits per heavy atom. The molecule has 2 saturated heterocycles. The van der Waals surface area contributed by atoms with Crippen molar-refractivity contribution in [2.24, 2.45) is 13.0 Å². The van der Waals surface area contributed by atoms with Gasteiger partial charge in [0, 0.05) is 50.7 Å². The van der Waals surface area contributed by atoms with Crippen molar-refractivity contribution in [2.75, 3.05) is 56.8 Å². The maximum absolute atomic E-state index is 13.6. The van der Waals surface area contributed by atoms with Gasteiger partial charge in [-0.3, -0.25) is 18.7 Å². The molecule has 2 aromatic heterocycles. The summed E-state index contributed by atoms with van der Waals surface area (Å²) in [6.07, 6.45) is 2.54. The number of anilines is 2. The highest BCUT2D eigenvalue weighted by molar-refractivity contribution is 5.93. The van der Waals surface area contributed by atoms with E-state index in [1.807, 2.05) is 44.2 Å². The molecule has 6 rings (SSSR count). The summed E-state index contributed by atoms with van der Waals surface area (Å²) in [6.45, 7) is 6.61. The molecule has 2 fully saturated rings. The quantitative estimate of drug-likeness (QED) is 0.285. The molecule has 0 atom stereocenters. The number of methoxy groups -OCH3 is 2. The van der Waals surface area contributed by atoms with Crippen LogP contribution in [0.25, 0.3) is 21.8 Å². The van der Waals surface area contributed by atoms with E-state index in [1.165, 1.54) is 4.57 Å². The van der Waals surface area contributed by atoms with Gasteiger partial charge < -0.3 is 24.0 Å². The lowest BCUT2D eigenvalue weighted by molar-refractivity contribution is -0.148. The summed E-state index contributed by atoms with van der Waals surface area (Å²) in [7, 11) is 4.91. The third-order valence-electron chi connectivity index (χ3n) is 9.15. The predicted octanol–water partition coefficient (Wildman–Crippen LogP) is 3.59. The average molecular weight is 617 g/mol. The molecule has 0 bridgehead atoms. The van der Waals surface area contributed by atoms with E-state index in [1.54, 1.807) is 25.8 Å². The first kappa shape index (κ1) is 30.4. The largest absolute Gasteiger partial charge is 0.493 e. The summed E-state index contributed by atoms with van der Waals surface area (Å²) in [5, 5.41) is 1.38. The highest BCUT2D eigenvalue weighted by atomic mass is 16.5. The van der Waals surface area contributed by atoms with Gasteiger partial charge in [0.15, 0.2) is 11.5 Å². The minimum absolute atomic E-state index is 0.125. The number of carbonyl (C=O) groups excluding carboxylic acids is 1. The minimum atomic E-state index is -0.298. The molecule has 0 unspecified atom stereocenters. The highest BCUT2D eigenvalue weighted by Gasteiger charge is 2.30. The molecule has 2 aliphatic rings. The van der Waals surface area contributed by atoms with E-state index in [-0.39, 0.29) is 29.2 Å². The Labute approximate surface area is 261 Å². The lowest BCUT2D eigenvalue weighted by atomic mass is 9.97. The Morgan fingerprint density at radius 1 is 0.889 bits per heavy atom. The number of fused-ring (bicyclic) bond motifs is 2. The lowest BCUT2D eigenvalue weighted by Crippen LogP contribution is -2.45. The van der Waals surface area contributed by atoms with Crippen LogP contribution in [0, 0.1) is 12.8 Å². The van der Waals surface area contributed by atoms with Crippen LogP contribution in [0.2, 0.25) is 0 Å². The van der Waals surface area contributed by atoms with Gasteiger partial charge in [-0.05, 0) is 57.7 Å². The molecule has 45 heavy (non-hydrogen) atoms. The van der Waals surface area contributed by atoms with Crippen LogP contribution < -0.4 is 30.5 Å².